The van der Waals surface area contributed by atoms with Crippen molar-refractivity contribution >= 4 is 17.5 Å². The summed E-state index contributed by atoms with van der Waals surface area (Å²) in [6, 6.07) is 4.26. The van der Waals surface area contributed by atoms with Crippen LogP contribution in [-0.2, 0) is 0 Å². The number of nitrogens with one attached hydrogen (secondary N) is 3. The summed E-state index contributed by atoms with van der Waals surface area (Å²) in [6.07, 6.45) is 4.30. The zero-order chi connectivity index (χ0) is 10.8. The first-order valence-electron chi connectivity index (χ1n) is 5.06. The molecule has 1 aromatic carbocycles. The number of rotatable bonds is 3. The topological polar surface area (TPSA) is 36.1 Å². The Bertz CT molecular complexity index is 408. The monoisotopic (exact) mass is 202 g/mol. The normalized spacial score (nSPS) is 13.1. The van der Waals surface area contributed by atoms with Crippen molar-refractivity contribution in [3.05, 3.63) is 35.4 Å². The van der Waals surface area contributed by atoms with Crippen molar-refractivity contribution < 1.29 is 0 Å². The van der Waals surface area contributed by atoms with E-state index in [1.165, 1.54) is 11.1 Å². The van der Waals surface area contributed by atoms with Crippen molar-refractivity contribution in [2.75, 3.05) is 31.8 Å². The van der Waals surface area contributed by atoms with Crippen molar-refractivity contribution in [3.63, 3.8) is 0 Å². The van der Waals surface area contributed by atoms with Crippen LogP contribution < -0.4 is 16.0 Å². The summed E-state index contributed by atoms with van der Waals surface area (Å²) in [4.78, 5) is 0. The number of hydrogen-bond acceptors (Lipinski definition) is 3. The van der Waals surface area contributed by atoms with E-state index in [4.69, 9.17) is 0 Å². The van der Waals surface area contributed by atoms with Gasteiger partial charge in [-0.05, 0) is 23.8 Å². The molecule has 0 unspecified atom stereocenters. The molecule has 0 bridgehead atoms. The molecule has 0 amide bonds. The maximum Gasteiger partial charge on any atom is 0.0435 e. The van der Waals surface area contributed by atoms with Gasteiger partial charge in [-0.3, -0.25) is 0 Å². The highest BCUT2D eigenvalue weighted by molar-refractivity contribution is 5.81. The second kappa shape index (κ2) is 3.85. The fourth-order valence-electron chi connectivity index (χ4n) is 1.82. The summed E-state index contributed by atoms with van der Waals surface area (Å²) in [5.74, 6) is 0. The third kappa shape index (κ3) is 1.65. The smallest absolute Gasteiger partial charge is 0.0435 e. The maximum atomic E-state index is 3.21. The van der Waals surface area contributed by atoms with Gasteiger partial charge in [0.05, 0.1) is 0 Å². The highest BCUT2D eigenvalue weighted by Crippen LogP contribution is 2.34. The Balaban J connectivity index is 2.47. The van der Waals surface area contributed by atoms with Crippen molar-refractivity contribution in [1.82, 2.24) is 5.32 Å². The van der Waals surface area contributed by atoms with Gasteiger partial charge in [0.25, 0.3) is 0 Å². The minimum atomic E-state index is 1.13. The van der Waals surface area contributed by atoms with E-state index in [-0.39, 0.29) is 0 Å². The van der Waals surface area contributed by atoms with E-state index in [2.05, 4.69) is 40.6 Å². The zero-order valence-corrected chi connectivity index (χ0v) is 9.31. The predicted molar refractivity (Wildman–Crippen MR) is 66.0 cm³/mol. The minimum Gasteiger partial charge on any atom is -0.391 e. The molecule has 0 aromatic heterocycles. The Morgan fingerprint density at radius 2 is 1.73 bits per heavy atom. The molecule has 15 heavy (non-hydrogen) atoms. The third-order valence-electron chi connectivity index (χ3n) is 2.67. The number of anilines is 2. The van der Waals surface area contributed by atoms with Crippen LogP contribution in [0, 0.1) is 6.42 Å². The maximum absolute atomic E-state index is 3.21. The summed E-state index contributed by atoms with van der Waals surface area (Å²) < 4.78 is 0. The van der Waals surface area contributed by atoms with Crippen LogP contribution in [0.3, 0.4) is 0 Å². The van der Waals surface area contributed by atoms with E-state index in [0.717, 1.165) is 17.1 Å². The van der Waals surface area contributed by atoms with Gasteiger partial charge in [-0.2, -0.15) is 0 Å². The first kappa shape index (κ1) is 9.90. The predicted octanol–water partition coefficient (Wildman–Crippen LogP) is 1.90. The summed E-state index contributed by atoms with van der Waals surface area (Å²) >= 11 is 0. The number of likely N-dealkylation sites (N-methyl/N-ethyl adjacent to an activating group) is 1. The molecule has 79 valence electrons. The molecule has 0 fully saturated rings. The number of hydrogen-bond donors (Lipinski definition) is 3. The van der Waals surface area contributed by atoms with Gasteiger partial charge in [-0.1, -0.05) is 0 Å². The van der Waals surface area contributed by atoms with Crippen molar-refractivity contribution in [1.29, 1.82) is 0 Å². The Hall–Kier alpha value is -1.64. The quantitative estimate of drug-likeness (QED) is 0.700. The van der Waals surface area contributed by atoms with E-state index >= 15 is 0 Å². The first-order chi connectivity index (χ1) is 7.28. The molecule has 3 nitrogen and oxygen atoms in total. The van der Waals surface area contributed by atoms with E-state index < -0.39 is 0 Å². The lowest BCUT2D eigenvalue weighted by Gasteiger charge is -2.10. The van der Waals surface area contributed by atoms with Crippen LogP contribution in [0.15, 0.2) is 17.8 Å². The van der Waals surface area contributed by atoms with Gasteiger partial charge in [0.1, 0.15) is 0 Å². The summed E-state index contributed by atoms with van der Waals surface area (Å²) in [5, 5.41) is 9.53. The Labute approximate surface area is 90.6 Å². The second-order valence-corrected chi connectivity index (χ2v) is 3.52. The number of fused-ring (bicyclic) bond motifs is 1. The van der Waals surface area contributed by atoms with Gasteiger partial charge in [0, 0.05) is 50.2 Å². The van der Waals surface area contributed by atoms with E-state index in [1.807, 2.05) is 21.1 Å². The molecule has 1 aliphatic rings. The van der Waals surface area contributed by atoms with Crippen LogP contribution >= 0.6 is 0 Å². The lowest BCUT2D eigenvalue weighted by atomic mass is 10.1. The standard InChI is InChI=1S/C12H16N3/c1-13-9-4-8-5-10(14-2)7-12(15-3)11(8)6-9/h4-7,13-15H,1-3H3. The fourth-order valence-corrected chi connectivity index (χ4v) is 1.82. The fraction of sp³-hybridized carbons (Fsp3) is 0.250. The molecule has 1 aliphatic carbocycles. The largest absolute Gasteiger partial charge is 0.391 e. The third-order valence-corrected chi connectivity index (χ3v) is 2.67. The minimum absolute atomic E-state index is 1.13. The van der Waals surface area contributed by atoms with Crippen LogP contribution in [0.4, 0.5) is 11.4 Å². The summed E-state index contributed by atoms with van der Waals surface area (Å²) in [6.45, 7) is 0. The van der Waals surface area contributed by atoms with Crippen molar-refractivity contribution in [2.24, 2.45) is 0 Å². The lowest BCUT2D eigenvalue weighted by molar-refractivity contribution is 1.03. The van der Waals surface area contributed by atoms with Crippen LogP contribution in [0.5, 0.6) is 0 Å². The highest BCUT2D eigenvalue weighted by Gasteiger charge is 2.16. The van der Waals surface area contributed by atoms with Crippen LogP contribution in [0.25, 0.3) is 6.08 Å². The van der Waals surface area contributed by atoms with Gasteiger partial charge >= 0.3 is 0 Å². The molecular formula is C12H16N3. The van der Waals surface area contributed by atoms with Crippen LogP contribution in [-0.4, -0.2) is 21.1 Å². The van der Waals surface area contributed by atoms with Gasteiger partial charge in [-0.15, -0.1) is 0 Å². The molecule has 0 aliphatic heterocycles. The van der Waals surface area contributed by atoms with Crippen LogP contribution in [0.1, 0.15) is 11.1 Å². The van der Waals surface area contributed by atoms with Gasteiger partial charge < -0.3 is 16.0 Å². The van der Waals surface area contributed by atoms with Crippen molar-refractivity contribution in [3.8, 4) is 0 Å². The number of allylic oxidation sites excluding steroid dienone is 1. The average molecular weight is 202 g/mol. The second-order valence-electron chi connectivity index (χ2n) is 3.52. The molecule has 0 saturated heterocycles. The molecule has 3 N–H and O–H groups in total. The van der Waals surface area contributed by atoms with E-state index in [0.29, 0.717) is 0 Å². The Morgan fingerprint density at radius 3 is 2.33 bits per heavy atom. The Morgan fingerprint density at radius 1 is 0.933 bits per heavy atom. The molecule has 2 rings (SSSR count). The van der Waals surface area contributed by atoms with Crippen molar-refractivity contribution in [2.45, 2.75) is 0 Å². The molecule has 1 radical (unpaired) electrons. The van der Waals surface area contributed by atoms with Gasteiger partial charge in [0.15, 0.2) is 0 Å². The molecule has 0 spiro atoms. The molecule has 0 heterocycles. The molecule has 0 saturated carbocycles. The van der Waals surface area contributed by atoms with Crippen LogP contribution in [0.2, 0.25) is 0 Å². The molecule has 3 heteroatoms. The number of benzene rings is 1. The van der Waals surface area contributed by atoms with E-state index in [9.17, 15) is 0 Å². The average Bonchev–Trinajstić information content (AvgIpc) is 2.70. The summed E-state index contributed by atoms with van der Waals surface area (Å²) in [5.41, 5.74) is 5.92. The van der Waals surface area contributed by atoms with Gasteiger partial charge in [-0.25, -0.2) is 0 Å². The molecular weight excluding hydrogens is 186 g/mol. The lowest BCUT2D eigenvalue weighted by Crippen LogP contribution is -2.02. The molecule has 1 aromatic rings. The van der Waals surface area contributed by atoms with E-state index in [1.54, 1.807) is 0 Å². The highest BCUT2D eigenvalue weighted by atomic mass is 14.9. The SMILES string of the molecule is CNC1=Cc2c(cc(NC)cc2NC)[CH]1. The Kier molecular flexibility index (Phi) is 2.54. The first-order valence-corrected chi connectivity index (χ1v) is 5.06. The summed E-state index contributed by atoms with van der Waals surface area (Å²) in [7, 11) is 5.81. The zero-order valence-electron chi connectivity index (χ0n) is 9.31. The molecule has 0 atom stereocenters. The van der Waals surface area contributed by atoms with Gasteiger partial charge in [0.2, 0.25) is 0 Å².